The van der Waals surface area contributed by atoms with Crippen molar-refractivity contribution in [1.82, 2.24) is 0 Å². The van der Waals surface area contributed by atoms with E-state index >= 15 is 0 Å². The molecule has 202 valence electrons. The molecule has 3 aromatic carbocycles. The van der Waals surface area contributed by atoms with Crippen LogP contribution in [-0.2, 0) is 20.5 Å². The van der Waals surface area contributed by atoms with Crippen LogP contribution in [0.2, 0.25) is 0 Å². The Balaban J connectivity index is 1.69. The van der Waals surface area contributed by atoms with E-state index in [1.807, 2.05) is 13.0 Å². The molecule has 0 radical (unpaired) electrons. The van der Waals surface area contributed by atoms with Gasteiger partial charge in [-0.1, -0.05) is 83.1 Å². The summed E-state index contributed by atoms with van der Waals surface area (Å²) < 4.78 is 0. The van der Waals surface area contributed by atoms with Gasteiger partial charge in [0, 0.05) is 28.9 Å². The van der Waals surface area contributed by atoms with E-state index in [1.165, 1.54) is 18.1 Å². The fraction of sp³-hybridized carbons (Fsp3) is 0.294. The zero-order valence-electron chi connectivity index (χ0n) is 24.2. The third-order valence-corrected chi connectivity index (χ3v) is 7.91. The van der Waals surface area contributed by atoms with Crippen molar-refractivity contribution in [2.45, 2.75) is 66.2 Å². The first-order valence-electron chi connectivity index (χ1n) is 13.3. The van der Waals surface area contributed by atoms with E-state index in [4.69, 9.17) is 4.84 Å². The van der Waals surface area contributed by atoms with Gasteiger partial charge in [0.1, 0.15) is 0 Å². The average Bonchev–Trinajstić information content (AvgIpc) is 3.38. The summed E-state index contributed by atoms with van der Waals surface area (Å²) in [7, 11) is 0. The Morgan fingerprint density at radius 2 is 1.10 bits per heavy atom. The lowest BCUT2D eigenvalue weighted by atomic mass is 9.86. The van der Waals surface area contributed by atoms with Gasteiger partial charge < -0.3 is 9.74 Å². The van der Waals surface area contributed by atoms with Crippen LogP contribution >= 0.6 is 11.3 Å². The topological polar surface area (TPSA) is 41.9 Å². The maximum Gasteiger partial charge on any atom is 0.331 e. The van der Waals surface area contributed by atoms with Crippen LogP contribution in [0, 0.1) is 0 Å². The molecule has 1 heterocycles. The molecule has 0 amide bonds. The van der Waals surface area contributed by atoms with Gasteiger partial charge in [-0.25, -0.2) is 4.79 Å². The summed E-state index contributed by atoms with van der Waals surface area (Å²) in [5.74, 6) is -0.424. The van der Waals surface area contributed by atoms with E-state index < -0.39 is 5.97 Å². The number of carbonyl (C=O) groups is 1. The number of hydrogen-bond donors (Lipinski definition) is 0. The Hall–Kier alpha value is -3.70. The predicted octanol–water partition coefficient (Wildman–Crippen LogP) is 9.77. The molecule has 4 nitrogen and oxygen atoms in total. The summed E-state index contributed by atoms with van der Waals surface area (Å²) in [5.41, 5.74) is 7.96. The third kappa shape index (κ3) is 6.85. The molecule has 0 aliphatic carbocycles. The molecule has 0 saturated carbocycles. The molecule has 0 unspecified atom stereocenters. The normalized spacial score (nSPS) is 12.4. The highest BCUT2D eigenvalue weighted by molar-refractivity contribution is 7.17. The first kappa shape index (κ1) is 28.3. The molecule has 0 aliphatic rings. The van der Waals surface area contributed by atoms with E-state index in [-0.39, 0.29) is 10.8 Å². The van der Waals surface area contributed by atoms with Gasteiger partial charge in [0.25, 0.3) is 0 Å². The second-order valence-electron chi connectivity index (χ2n) is 11.9. The molecule has 0 spiro atoms. The largest absolute Gasteiger partial charge is 0.331 e. The fourth-order valence-electron chi connectivity index (χ4n) is 4.31. The minimum Gasteiger partial charge on any atom is -0.318 e. The molecular weight excluding hydrogens is 500 g/mol. The van der Waals surface area contributed by atoms with Crippen LogP contribution in [0.4, 0.5) is 17.1 Å². The standard InChI is InChI=1S/C34H38N2O2S/c1-23(35-38-24(2)37)31-21-22-32(39-31)25-9-15-28(16-10-25)36(29-17-11-26(12-18-29)33(3,4)5)30-19-13-27(14-20-30)34(6,7)8/h9-22H,1-8H3/b35-23+. The summed E-state index contributed by atoms with van der Waals surface area (Å²) >= 11 is 1.62. The van der Waals surface area contributed by atoms with Crippen LogP contribution in [0.25, 0.3) is 10.4 Å². The van der Waals surface area contributed by atoms with Gasteiger partial charge in [-0.05, 0) is 83.0 Å². The van der Waals surface area contributed by atoms with Gasteiger partial charge in [0.05, 0.1) is 10.6 Å². The SMILES string of the molecule is CC(=O)O/N=C(\C)c1ccc(-c2ccc(N(c3ccc(C(C)(C)C)cc3)c3ccc(C(C)(C)C)cc3)cc2)s1. The summed E-state index contributed by atoms with van der Waals surface area (Å²) in [5, 5.41) is 3.92. The number of thiophene rings is 1. The molecule has 0 bridgehead atoms. The number of oxime groups is 1. The van der Waals surface area contributed by atoms with Crippen LogP contribution < -0.4 is 4.90 Å². The Bertz CT molecular complexity index is 1390. The van der Waals surface area contributed by atoms with E-state index in [1.54, 1.807) is 11.3 Å². The van der Waals surface area contributed by atoms with Crippen LogP contribution in [0.1, 0.15) is 71.4 Å². The summed E-state index contributed by atoms with van der Waals surface area (Å²) in [6.45, 7) is 16.6. The second kappa shape index (κ2) is 11.2. The molecule has 0 atom stereocenters. The van der Waals surface area contributed by atoms with Gasteiger partial charge in [-0.2, -0.15) is 0 Å². The highest BCUT2D eigenvalue weighted by Crippen LogP contribution is 2.38. The lowest BCUT2D eigenvalue weighted by molar-refractivity contribution is -0.140. The van der Waals surface area contributed by atoms with E-state index in [0.717, 1.165) is 32.4 Å². The Labute approximate surface area is 237 Å². The average molecular weight is 539 g/mol. The van der Waals surface area contributed by atoms with Crippen molar-refractivity contribution in [3.8, 4) is 10.4 Å². The van der Waals surface area contributed by atoms with Gasteiger partial charge in [-0.15, -0.1) is 11.3 Å². The van der Waals surface area contributed by atoms with Crippen molar-refractivity contribution in [2.75, 3.05) is 4.90 Å². The van der Waals surface area contributed by atoms with Crippen molar-refractivity contribution < 1.29 is 9.63 Å². The molecule has 0 aliphatic heterocycles. The molecule has 0 saturated heterocycles. The minimum atomic E-state index is -0.424. The van der Waals surface area contributed by atoms with Crippen molar-refractivity contribution in [1.29, 1.82) is 0 Å². The highest BCUT2D eigenvalue weighted by atomic mass is 32.1. The maximum absolute atomic E-state index is 11.1. The fourth-order valence-corrected chi connectivity index (χ4v) is 5.26. The van der Waals surface area contributed by atoms with E-state index in [0.29, 0.717) is 5.71 Å². The summed E-state index contributed by atoms with van der Waals surface area (Å²) in [4.78, 5) is 20.3. The number of carbonyl (C=O) groups excluding carboxylic acids is 1. The van der Waals surface area contributed by atoms with Gasteiger partial charge in [0.2, 0.25) is 0 Å². The number of anilines is 3. The monoisotopic (exact) mass is 538 g/mol. The molecular formula is C34H38N2O2S. The maximum atomic E-state index is 11.1. The summed E-state index contributed by atoms with van der Waals surface area (Å²) in [6.07, 6.45) is 0. The van der Waals surface area contributed by atoms with Gasteiger partial charge >= 0.3 is 5.97 Å². The molecule has 4 rings (SSSR count). The number of hydrogen-bond acceptors (Lipinski definition) is 5. The molecule has 5 heteroatoms. The van der Waals surface area contributed by atoms with Crippen molar-refractivity contribution in [3.05, 3.63) is 101 Å². The van der Waals surface area contributed by atoms with Crippen LogP contribution in [-0.4, -0.2) is 11.7 Å². The lowest BCUT2D eigenvalue weighted by Crippen LogP contribution is -2.14. The van der Waals surface area contributed by atoms with Gasteiger partial charge in [-0.3, -0.25) is 0 Å². The Morgan fingerprint density at radius 1 is 0.667 bits per heavy atom. The molecule has 1 aromatic heterocycles. The van der Waals surface area contributed by atoms with Crippen molar-refractivity contribution in [3.63, 3.8) is 0 Å². The Morgan fingerprint density at radius 3 is 1.51 bits per heavy atom. The molecule has 4 aromatic rings. The molecule has 0 fully saturated rings. The van der Waals surface area contributed by atoms with E-state index in [9.17, 15) is 4.79 Å². The Kier molecular flexibility index (Phi) is 8.12. The minimum absolute atomic E-state index is 0.0974. The molecule has 39 heavy (non-hydrogen) atoms. The zero-order chi connectivity index (χ0) is 28.4. The third-order valence-electron chi connectivity index (χ3n) is 6.67. The predicted molar refractivity (Wildman–Crippen MR) is 166 cm³/mol. The van der Waals surface area contributed by atoms with Crippen LogP contribution in [0.15, 0.2) is 90.1 Å². The summed E-state index contributed by atoms with van der Waals surface area (Å²) in [6, 6.07) is 30.5. The number of nitrogens with zero attached hydrogens (tertiary/aromatic N) is 2. The zero-order valence-corrected chi connectivity index (χ0v) is 25.0. The van der Waals surface area contributed by atoms with Crippen LogP contribution in [0.5, 0.6) is 0 Å². The van der Waals surface area contributed by atoms with Gasteiger partial charge in [0.15, 0.2) is 0 Å². The lowest BCUT2D eigenvalue weighted by Gasteiger charge is -2.28. The van der Waals surface area contributed by atoms with Crippen molar-refractivity contribution in [2.24, 2.45) is 5.16 Å². The quantitative estimate of drug-likeness (QED) is 0.139. The first-order valence-corrected chi connectivity index (χ1v) is 14.1. The number of rotatable bonds is 6. The highest BCUT2D eigenvalue weighted by Gasteiger charge is 2.18. The van der Waals surface area contributed by atoms with Crippen molar-refractivity contribution >= 4 is 40.1 Å². The van der Waals surface area contributed by atoms with Crippen LogP contribution in [0.3, 0.4) is 0 Å². The first-order chi connectivity index (χ1) is 18.3. The smallest absolute Gasteiger partial charge is 0.318 e. The molecule has 0 N–H and O–H groups in total. The second-order valence-corrected chi connectivity index (χ2v) is 13.0. The van der Waals surface area contributed by atoms with E-state index in [2.05, 4.69) is 130 Å². The number of benzene rings is 3.